The zero-order valence-electron chi connectivity index (χ0n) is 30.2. The number of rotatable bonds is 37. The molecular formula is C37H74NO7P. The summed E-state index contributed by atoms with van der Waals surface area (Å²) in [5, 5.41) is 0. The Balaban J connectivity index is 4.11. The summed E-state index contributed by atoms with van der Waals surface area (Å²) >= 11 is 0. The first-order chi connectivity index (χ1) is 22.4. The van der Waals surface area contributed by atoms with Crippen LogP contribution < -0.4 is 10.6 Å². The van der Waals surface area contributed by atoms with Crippen molar-refractivity contribution in [2.24, 2.45) is 0 Å². The lowest BCUT2D eigenvalue weighted by atomic mass is 10.0. The fourth-order valence-corrected chi connectivity index (χ4v) is 6.17. The van der Waals surface area contributed by atoms with Crippen molar-refractivity contribution in [3.8, 4) is 0 Å². The maximum absolute atomic E-state index is 12.3. The molecule has 0 bridgehead atoms. The highest BCUT2D eigenvalue weighted by Crippen LogP contribution is 2.38. The molecule has 0 spiro atoms. The minimum absolute atomic E-state index is 0.0423. The van der Waals surface area contributed by atoms with E-state index in [2.05, 4.69) is 19.6 Å². The summed E-state index contributed by atoms with van der Waals surface area (Å²) in [7, 11) is -4.46. The number of phosphoric acid groups is 1. The Morgan fingerprint density at radius 3 is 1.54 bits per heavy atom. The zero-order chi connectivity index (χ0) is 33.8. The van der Waals surface area contributed by atoms with Crippen molar-refractivity contribution in [3.05, 3.63) is 12.3 Å². The van der Waals surface area contributed by atoms with Gasteiger partial charge in [0.2, 0.25) is 0 Å². The van der Waals surface area contributed by atoms with E-state index in [-0.39, 0.29) is 25.8 Å². The number of carbonyl (C=O) groups is 1. The van der Waals surface area contributed by atoms with Crippen LogP contribution in [0.25, 0.3) is 0 Å². The minimum Gasteiger partial charge on any atom is -0.756 e. The normalized spacial score (nSPS) is 13.7. The van der Waals surface area contributed by atoms with Gasteiger partial charge >= 0.3 is 5.97 Å². The van der Waals surface area contributed by atoms with Crippen LogP contribution in [0.15, 0.2) is 12.3 Å². The van der Waals surface area contributed by atoms with Gasteiger partial charge < -0.3 is 29.1 Å². The van der Waals surface area contributed by atoms with Crippen LogP contribution in [0.4, 0.5) is 0 Å². The molecule has 0 aromatic rings. The Kier molecular flexibility index (Phi) is 34.7. The average Bonchev–Trinajstić information content (AvgIpc) is 3.05. The molecule has 9 heteroatoms. The van der Waals surface area contributed by atoms with Gasteiger partial charge in [0.05, 0.1) is 19.4 Å². The van der Waals surface area contributed by atoms with Gasteiger partial charge in [-0.25, -0.2) is 0 Å². The van der Waals surface area contributed by atoms with E-state index in [1.165, 1.54) is 135 Å². The summed E-state index contributed by atoms with van der Waals surface area (Å²) in [5.41, 5.74) is 3.57. The van der Waals surface area contributed by atoms with Crippen molar-refractivity contribution in [2.45, 2.75) is 193 Å². The van der Waals surface area contributed by atoms with Gasteiger partial charge in [0.25, 0.3) is 7.82 Å². The molecule has 0 aliphatic heterocycles. The number of hydrogen-bond donors (Lipinski definition) is 1. The number of esters is 1. The molecule has 2 atom stereocenters. The molecule has 3 N–H and O–H groups in total. The van der Waals surface area contributed by atoms with Crippen molar-refractivity contribution in [2.75, 3.05) is 26.4 Å². The highest BCUT2D eigenvalue weighted by Gasteiger charge is 2.17. The van der Waals surface area contributed by atoms with Gasteiger partial charge in [0, 0.05) is 6.42 Å². The number of carbonyl (C=O) groups excluding carboxylic acids is 1. The summed E-state index contributed by atoms with van der Waals surface area (Å²) in [6.45, 7) is 4.42. The first-order valence-corrected chi connectivity index (χ1v) is 20.8. The van der Waals surface area contributed by atoms with Gasteiger partial charge in [-0.15, -0.1) is 0 Å². The summed E-state index contributed by atoms with van der Waals surface area (Å²) in [6, 6.07) is 0. The van der Waals surface area contributed by atoms with Gasteiger partial charge in [-0.3, -0.25) is 9.36 Å². The van der Waals surface area contributed by atoms with Crippen LogP contribution in [0, 0.1) is 0 Å². The average molecular weight is 676 g/mol. The van der Waals surface area contributed by atoms with Crippen LogP contribution in [-0.4, -0.2) is 38.4 Å². The summed E-state index contributed by atoms with van der Waals surface area (Å²) < 4.78 is 32.8. The molecule has 8 nitrogen and oxygen atoms in total. The Hall–Kier alpha value is -0.920. The molecule has 274 valence electrons. The largest absolute Gasteiger partial charge is 0.756 e. The molecule has 0 rings (SSSR count). The third kappa shape index (κ3) is 34.4. The molecule has 0 aliphatic carbocycles. The summed E-state index contributed by atoms with van der Waals surface area (Å²) in [6.07, 6.45) is 36.0. The van der Waals surface area contributed by atoms with E-state index < -0.39 is 13.9 Å². The van der Waals surface area contributed by atoms with Crippen LogP contribution in [0.2, 0.25) is 0 Å². The van der Waals surface area contributed by atoms with Gasteiger partial charge in [-0.2, -0.15) is 0 Å². The lowest BCUT2D eigenvalue weighted by molar-refractivity contribution is -0.373. The second-order valence-electron chi connectivity index (χ2n) is 12.9. The van der Waals surface area contributed by atoms with E-state index in [0.717, 1.165) is 32.1 Å². The lowest BCUT2D eigenvalue weighted by Gasteiger charge is -2.24. The highest BCUT2D eigenvalue weighted by atomic mass is 31.2. The van der Waals surface area contributed by atoms with Crippen LogP contribution in [0.3, 0.4) is 0 Å². The molecular weight excluding hydrogens is 601 g/mol. The minimum atomic E-state index is -4.46. The fraction of sp³-hybridized carbons (Fsp3) is 0.919. The number of hydrogen-bond acceptors (Lipinski definition) is 7. The molecule has 0 saturated carbocycles. The first-order valence-electron chi connectivity index (χ1n) is 19.3. The molecule has 0 radical (unpaired) electrons. The molecule has 0 fully saturated rings. The standard InChI is InChI=1S/C37H74NO7P/c1-3-5-7-9-11-13-15-16-17-18-19-21-23-25-27-29-32-42-36(35-45-46(40,41)44-33-31-38)34-43-37(39)30-28-26-24-22-20-14-12-10-8-6-4-2/h29,32,36H,3-28,30-31,33-35,38H2,1-2H3,(H,40,41)/b32-29-/t36-/m1/s1. The van der Waals surface area contributed by atoms with Crippen LogP contribution >= 0.6 is 7.82 Å². The maximum Gasteiger partial charge on any atom is 0.305 e. The Morgan fingerprint density at radius 2 is 1.09 bits per heavy atom. The van der Waals surface area contributed by atoms with Crippen molar-refractivity contribution < 1.29 is 38.5 Å². The van der Waals surface area contributed by atoms with Crippen LogP contribution in [-0.2, 0) is 27.9 Å². The topological polar surface area (TPSA) is 122 Å². The predicted octanol–water partition coefficient (Wildman–Crippen LogP) is 9.74. The molecule has 46 heavy (non-hydrogen) atoms. The van der Waals surface area contributed by atoms with E-state index in [0.29, 0.717) is 13.0 Å². The van der Waals surface area contributed by atoms with Crippen LogP contribution in [0.1, 0.15) is 187 Å². The predicted molar refractivity (Wildman–Crippen MR) is 188 cm³/mol. The van der Waals surface area contributed by atoms with Crippen molar-refractivity contribution in [1.82, 2.24) is 0 Å². The maximum atomic E-state index is 12.3. The summed E-state index contributed by atoms with van der Waals surface area (Å²) in [4.78, 5) is 24.3. The molecule has 0 aromatic heterocycles. The molecule has 0 heterocycles. The molecule has 0 aliphatic rings. The SMILES string of the molecule is CCCCCCCCCCCCCCCC/C=C\O[C@H](COC(=O)CCCCCCCCCCCCC)COP(=O)([O-])OCC[NH3+]. The van der Waals surface area contributed by atoms with Crippen molar-refractivity contribution in [1.29, 1.82) is 0 Å². The van der Waals surface area contributed by atoms with Crippen molar-refractivity contribution in [3.63, 3.8) is 0 Å². The number of allylic oxidation sites excluding steroid dienone is 1. The fourth-order valence-electron chi connectivity index (χ4n) is 5.40. The quantitative estimate of drug-likeness (QED) is 0.0301. The zero-order valence-corrected chi connectivity index (χ0v) is 31.1. The van der Waals surface area contributed by atoms with E-state index in [1.54, 1.807) is 6.26 Å². The molecule has 0 amide bonds. The van der Waals surface area contributed by atoms with E-state index in [9.17, 15) is 14.3 Å². The Labute approximate surface area is 283 Å². The van der Waals surface area contributed by atoms with E-state index in [1.807, 2.05) is 6.08 Å². The van der Waals surface area contributed by atoms with E-state index >= 15 is 0 Å². The number of phosphoric ester groups is 1. The summed E-state index contributed by atoms with van der Waals surface area (Å²) in [5.74, 6) is -0.297. The van der Waals surface area contributed by atoms with Gasteiger partial charge in [0.1, 0.15) is 13.2 Å². The number of unbranched alkanes of at least 4 members (excludes halogenated alkanes) is 24. The monoisotopic (exact) mass is 676 g/mol. The molecule has 0 aromatic carbocycles. The second kappa shape index (κ2) is 35.4. The third-order valence-electron chi connectivity index (χ3n) is 8.32. The Bertz CT molecular complexity index is 722. The smallest absolute Gasteiger partial charge is 0.305 e. The Morgan fingerprint density at radius 1 is 0.652 bits per heavy atom. The van der Waals surface area contributed by atoms with E-state index in [4.69, 9.17) is 18.5 Å². The number of quaternary nitrogens is 1. The van der Waals surface area contributed by atoms with Gasteiger partial charge in [-0.05, 0) is 25.3 Å². The van der Waals surface area contributed by atoms with Crippen LogP contribution in [0.5, 0.6) is 0 Å². The van der Waals surface area contributed by atoms with Crippen molar-refractivity contribution >= 4 is 13.8 Å². The number of ether oxygens (including phenoxy) is 2. The highest BCUT2D eigenvalue weighted by molar-refractivity contribution is 7.45. The molecule has 0 saturated heterocycles. The molecule has 1 unspecified atom stereocenters. The third-order valence-corrected chi connectivity index (χ3v) is 9.28. The first kappa shape index (κ1) is 45.1. The van der Waals surface area contributed by atoms with Gasteiger partial charge in [-0.1, -0.05) is 162 Å². The van der Waals surface area contributed by atoms with Gasteiger partial charge in [0.15, 0.2) is 6.10 Å². The second-order valence-corrected chi connectivity index (χ2v) is 14.3. The lowest BCUT2D eigenvalue weighted by Crippen LogP contribution is -2.52.